The van der Waals surface area contributed by atoms with Crippen molar-refractivity contribution < 1.29 is 4.74 Å². The number of alkyl halides is 1. The summed E-state index contributed by atoms with van der Waals surface area (Å²) in [7, 11) is 0. The second-order valence-corrected chi connectivity index (χ2v) is 6.38. The molecule has 1 nitrogen and oxygen atoms in total. The number of ether oxygens (including phenoxy) is 1. The van der Waals surface area contributed by atoms with E-state index in [1.807, 2.05) is 0 Å². The van der Waals surface area contributed by atoms with Crippen molar-refractivity contribution in [3.05, 3.63) is 0 Å². The second kappa shape index (κ2) is 3.38. The first kappa shape index (κ1) is 10.8. The number of hydrogen-bond acceptors (Lipinski definition) is 1. The largest absolute Gasteiger partial charge is 0.372 e. The summed E-state index contributed by atoms with van der Waals surface area (Å²) in [6, 6.07) is 0. The maximum atomic E-state index is 6.23. The SMILES string of the molecule is CC(Cl)C1(CC2CCC(C)(C)O2)CC1. The number of halogens is 1. The van der Waals surface area contributed by atoms with E-state index in [1.165, 1.54) is 32.1 Å². The highest BCUT2D eigenvalue weighted by atomic mass is 35.5. The fraction of sp³-hybridized carbons (Fsp3) is 1.00. The van der Waals surface area contributed by atoms with E-state index in [0.29, 0.717) is 16.9 Å². The third-order valence-corrected chi connectivity index (χ3v) is 4.39. The molecule has 1 aliphatic carbocycles. The average molecular weight is 217 g/mol. The van der Waals surface area contributed by atoms with E-state index in [4.69, 9.17) is 16.3 Å². The lowest BCUT2D eigenvalue weighted by Crippen LogP contribution is -2.24. The van der Waals surface area contributed by atoms with Gasteiger partial charge in [-0.25, -0.2) is 0 Å². The molecule has 0 aromatic heterocycles. The van der Waals surface area contributed by atoms with E-state index in [0.717, 1.165) is 0 Å². The van der Waals surface area contributed by atoms with E-state index in [-0.39, 0.29) is 5.60 Å². The predicted octanol–water partition coefficient (Wildman–Crippen LogP) is 3.74. The van der Waals surface area contributed by atoms with Crippen LogP contribution < -0.4 is 0 Å². The maximum absolute atomic E-state index is 6.23. The molecule has 2 fully saturated rings. The van der Waals surface area contributed by atoms with Crippen LogP contribution in [0.1, 0.15) is 52.9 Å². The minimum Gasteiger partial charge on any atom is -0.372 e. The molecule has 2 unspecified atom stereocenters. The second-order valence-electron chi connectivity index (χ2n) is 5.72. The normalized spacial score (nSPS) is 35.6. The van der Waals surface area contributed by atoms with Gasteiger partial charge in [0.05, 0.1) is 11.7 Å². The Bertz CT molecular complexity index is 218. The molecule has 2 atom stereocenters. The van der Waals surface area contributed by atoms with Crippen molar-refractivity contribution in [2.45, 2.75) is 70.0 Å². The molecule has 0 radical (unpaired) electrons. The Morgan fingerprint density at radius 3 is 2.36 bits per heavy atom. The van der Waals surface area contributed by atoms with Gasteiger partial charge < -0.3 is 4.74 Å². The van der Waals surface area contributed by atoms with E-state index in [1.54, 1.807) is 0 Å². The van der Waals surface area contributed by atoms with Crippen molar-refractivity contribution in [1.82, 2.24) is 0 Å². The van der Waals surface area contributed by atoms with Crippen LogP contribution in [0.15, 0.2) is 0 Å². The van der Waals surface area contributed by atoms with Crippen LogP contribution >= 0.6 is 11.6 Å². The lowest BCUT2D eigenvalue weighted by molar-refractivity contribution is -0.0264. The zero-order valence-electron chi connectivity index (χ0n) is 9.48. The summed E-state index contributed by atoms with van der Waals surface area (Å²) in [5.41, 5.74) is 0.531. The number of rotatable bonds is 3. The van der Waals surface area contributed by atoms with Gasteiger partial charge in [0.25, 0.3) is 0 Å². The molecule has 1 saturated heterocycles. The fourth-order valence-electron chi connectivity index (χ4n) is 2.60. The van der Waals surface area contributed by atoms with E-state index >= 15 is 0 Å². The third-order valence-electron chi connectivity index (χ3n) is 3.92. The first-order valence-electron chi connectivity index (χ1n) is 5.75. The Kier molecular flexibility index (Phi) is 2.60. The molecule has 0 aromatic carbocycles. The van der Waals surface area contributed by atoms with Crippen LogP contribution in [-0.4, -0.2) is 17.1 Å². The van der Waals surface area contributed by atoms with Crippen LogP contribution in [0.3, 0.4) is 0 Å². The van der Waals surface area contributed by atoms with Crippen LogP contribution in [0.5, 0.6) is 0 Å². The van der Waals surface area contributed by atoms with Gasteiger partial charge in [-0.1, -0.05) is 0 Å². The zero-order valence-corrected chi connectivity index (χ0v) is 10.2. The van der Waals surface area contributed by atoms with Crippen LogP contribution in [0, 0.1) is 5.41 Å². The lowest BCUT2D eigenvalue weighted by Gasteiger charge is -2.24. The van der Waals surface area contributed by atoms with Crippen molar-refractivity contribution >= 4 is 11.6 Å². The van der Waals surface area contributed by atoms with Gasteiger partial charge in [0.2, 0.25) is 0 Å². The summed E-state index contributed by atoms with van der Waals surface area (Å²) in [6.07, 6.45) is 6.67. The van der Waals surface area contributed by atoms with Crippen molar-refractivity contribution in [2.75, 3.05) is 0 Å². The minimum absolute atomic E-state index is 0.107. The van der Waals surface area contributed by atoms with Crippen molar-refractivity contribution in [1.29, 1.82) is 0 Å². The predicted molar refractivity (Wildman–Crippen MR) is 59.8 cm³/mol. The molecule has 2 heteroatoms. The molecule has 0 amide bonds. The highest BCUT2D eigenvalue weighted by molar-refractivity contribution is 6.21. The maximum Gasteiger partial charge on any atom is 0.0631 e. The Hall–Kier alpha value is 0.250. The smallest absolute Gasteiger partial charge is 0.0631 e. The summed E-state index contributed by atoms with van der Waals surface area (Å²) in [4.78, 5) is 0. The van der Waals surface area contributed by atoms with Gasteiger partial charge >= 0.3 is 0 Å². The molecular formula is C12H21ClO. The standard InChI is InChI=1S/C12H21ClO/c1-9(13)12(6-7-12)8-10-4-5-11(2,3)14-10/h9-10H,4-8H2,1-3H3. The summed E-state index contributed by atoms with van der Waals surface area (Å²) in [6.45, 7) is 6.52. The summed E-state index contributed by atoms with van der Waals surface area (Å²) in [5, 5.41) is 0.315. The number of hydrogen-bond donors (Lipinski definition) is 0. The fourth-order valence-corrected chi connectivity index (χ4v) is 2.91. The zero-order chi connectivity index (χ0) is 10.4. The van der Waals surface area contributed by atoms with Crippen molar-refractivity contribution in [3.63, 3.8) is 0 Å². The highest BCUT2D eigenvalue weighted by Crippen LogP contribution is 2.56. The highest BCUT2D eigenvalue weighted by Gasteiger charge is 2.49. The van der Waals surface area contributed by atoms with Crippen LogP contribution in [0.4, 0.5) is 0 Å². The first-order chi connectivity index (χ1) is 6.44. The molecule has 2 rings (SSSR count). The Balaban J connectivity index is 1.88. The molecule has 1 saturated carbocycles. The quantitative estimate of drug-likeness (QED) is 0.653. The van der Waals surface area contributed by atoms with E-state index in [2.05, 4.69) is 20.8 Å². The van der Waals surface area contributed by atoms with Crippen LogP contribution in [0.2, 0.25) is 0 Å². The van der Waals surface area contributed by atoms with Crippen molar-refractivity contribution in [2.24, 2.45) is 5.41 Å². The van der Waals surface area contributed by atoms with E-state index in [9.17, 15) is 0 Å². The Morgan fingerprint density at radius 1 is 1.36 bits per heavy atom. The van der Waals surface area contributed by atoms with Gasteiger partial charge in [-0.3, -0.25) is 0 Å². The molecule has 1 heterocycles. The van der Waals surface area contributed by atoms with Crippen LogP contribution in [-0.2, 0) is 4.74 Å². The van der Waals surface area contributed by atoms with E-state index < -0.39 is 0 Å². The molecule has 14 heavy (non-hydrogen) atoms. The topological polar surface area (TPSA) is 9.23 Å². The minimum atomic E-state index is 0.107. The summed E-state index contributed by atoms with van der Waals surface area (Å²) < 4.78 is 6.02. The third kappa shape index (κ3) is 2.09. The molecule has 0 N–H and O–H groups in total. The monoisotopic (exact) mass is 216 g/mol. The van der Waals surface area contributed by atoms with Gasteiger partial charge in [-0.2, -0.15) is 0 Å². The molecule has 0 bridgehead atoms. The molecule has 82 valence electrons. The average Bonchev–Trinajstić information content (AvgIpc) is 2.74. The lowest BCUT2D eigenvalue weighted by atomic mass is 9.93. The Morgan fingerprint density at radius 2 is 2.00 bits per heavy atom. The summed E-state index contributed by atoms with van der Waals surface area (Å²) in [5.74, 6) is 0. The van der Waals surface area contributed by atoms with Gasteiger partial charge in [0, 0.05) is 5.38 Å². The van der Waals surface area contributed by atoms with Crippen LogP contribution in [0.25, 0.3) is 0 Å². The van der Waals surface area contributed by atoms with Gasteiger partial charge in [0.15, 0.2) is 0 Å². The Labute approximate surface area is 92.2 Å². The van der Waals surface area contributed by atoms with Gasteiger partial charge in [-0.15, -0.1) is 11.6 Å². The molecule has 2 aliphatic rings. The molecule has 0 spiro atoms. The summed E-state index contributed by atoms with van der Waals surface area (Å²) >= 11 is 6.23. The molecule has 0 aromatic rings. The van der Waals surface area contributed by atoms with Crippen molar-refractivity contribution in [3.8, 4) is 0 Å². The molecule has 1 aliphatic heterocycles. The first-order valence-corrected chi connectivity index (χ1v) is 6.19. The van der Waals surface area contributed by atoms with Gasteiger partial charge in [-0.05, 0) is 58.3 Å². The van der Waals surface area contributed by atoms with Gasteiger partial charge in [0.1, 0.15) is 0 Å². The molecular weight excluding hydrogens is 196 g/mol.